The number of hydrogen-bond donors (Lipinski definition) is 3. The molecule has 0 aliphatic carbocycles. The third-order valence-electron chi connectivity index (χ3n) is 12.3. The van der Waals surface area contributed by atoms with Gasteiger partial charge in [-0.15, -0.1) is 0 Å². The van der Waals surface area contributed by atoms with E-state index in [1.807, 2.05) is 47.6 Å². The summed E-state index contributed by atoms with van der Waals surface area (Å²) < 4.78 is 16.7. The Morgan fingerprint density at radius 2 is 1.37 bits per heavy atom. The van der Waals surface area contributed by atoms with Crippen LogP contribution in [0.3, 0.4) is 0 Å². The van der Waals surface area contributed by atoms with Gasteiger partial charge < -0.3 is 34.4 Å². The van der Waals surface area contributed by atoms with Crippen LogP contribution < -0.4 is 5.32 Å². The van der Waals surface area contributed by atoms with Crippen molar-refractivity contribution in [3.63, 3.8) is 0 Å². The van der Waals surface area contributed by atoms with Crippen LogP contribution in [0.25, 0.3) is 44.4 Å². The van der Waals surface area contributed by atoms with E-state index in [1.165, 1.54) is 7.11 Å². The van der Waals surface area contributed by atoms with E-state index in [4.69, 9.17) is 24.2 Å². The molecule has 6 aromatic rings. The number of imidazole rings is 2. The molecule has 4 aromatic carbocycles. The molecule has 2 amide bonds. The molecule has 3 saturated heterocycles. The Kier molecular flexibility index (Phi) is 10.8. The molecule has 59 heavy (non-hydrogen) atoms. The summed E-state index contributed by atoms with van der Waals surface area (Å²) in [6, 6.07) is 31.2. The average molecular weight is 794 g/mol. The van der Waals surface area contributed by atoms with Crippen molar-refractivity contribution in [2.45, 2.75) is 76.1 Å². The third-order valence-corrected chi connectivity index (χ3v) is 12.3. The molecule has 3 aliphatic rings. The minimum atomic E-state index is -0.643. The summed E-state index contributed by atoms with van der Waals surface area (Å²) in [4.78, 5) is 46.7. The van der Waals surface area contributed by atoms with Crippen LogP contribution in [-0.4, -0.2) is 87.4 Å². The maximum atomic E-state index is 13.7. The van der Waals surface area contributed by atoms with Crippen LogP contribution in [-0.2, 0) is 19.0 Å². The van der Waals surface area contributed by atoms with E-state index in [-0.39, 0.29) is 42.3 Å². The molecule has 304 valence electrons. The molecule has 2 aromatic heterocycles. The first-order chi connectivity index (χ1) is 28.8. The summed E-state index contributed by atoms with van der Waals surface area (Å²) in [6.07, 6.45) is 6.39. The largest absolute Gasteiger partial charge is 0.453 e. The van der Waals surface area contributed by atoms with E-state index in [0.717, 1.165) is 93.9 Å². The second kappa shape index (κ2) is 16.4. The van der Waals surface area contributed by atoms with Gasteiger partial charge in [0, 0.05) is 25.8 Å². The number of methoxy groups -OCH3 is 2. The first-order valence-corrected chi connectivity index (χ1v) is 20.7. The first kappa shape index (κ1) is 38.7. The van der Waals surface area contributed by atoms with Crippen molar-refractivity contribution < 1.29 is 23.8 Å². The lowest BCUT2D eigenvalue weighted by molar-refractivity contribution is -0.143. The van der Waals surface area contributed by atoms with Crippen molar-refractivity contribution in [3.05, 3.63) is 121 Å². The number of rotatable bonds is 12. The number of H-pyrrole nitrogens is 2. The van der Waals surface area contributed by atoms with Crippen molar-refractivity contribution in [1.82, 2.24) is 35.1 Å². The normalized spacial score (nSPS) is 21.5. The minimum Gasteiger partial charge on any atom is -0.453 e. The van der Waals surface area contributed by atoms with Gasteiger partial charge in [0.25, 0.3) is 5.91 Å². The lowest BCUT2D eigenvalue weighted by atomic mass is 9.98. The zero-order valence-corrected chi connectivity index (χ0v) is 33.9. The zero-order chi connectivity index (χ0) is 40.6. The molecule has 0 saturated carbocycles. The monoisotopic (exact) mass is 793 g/mol. The Morgan fingerprint density at radius 3 is 2.07 bits per heavy atom. The molecule has 6 atom stereocenters. The topological polar surface area (TPSA) is 141 Å². The number of amides is 2. The first-order valence-electron chi connectivity index (χ1n) is 20.7. The quantitative estimate of drug-likeness (QED) is 0.105. The molecule has 0 bridgehead atoms. The number of carbonyl (C=O) groups is 2. The van der Waals surface area contributed by atoms with Crippen molar-refractivity contribution in [1.29, 1.82) is 0 Å². The molecule has 0 radical (unpaired) electrons. The number of ether oxygens (including phenoxy) is 3. The number of alkyl carbamates (subject to hydrolysis) is 1. The fourth-order valence-electron chi connectivity index (χ4n) is 9.07. The van der Waals surface area contributed by atoms with Crippen LogP contribution >= 0.6 is 0 Å². The van der Waals surface area contributed by atoms with Gasteiger partial charge in [-0.2, -0.15) is 0 Å². The highest BCUT2D eigenvalue weighted by Crippen LogP contribution is 2.42. The van der Waals surface area contributed by atoms with Gasteiger partial charge in [-0.3, -0.25) is 9.69 Å². The lowest BCUT2D eigenvalue weighted by Crippen LogP contribution is -2.44. The number of carbonyl (C=O) groups excluding carboxylic acids is 2. The van der Waals surface area contributed by atoms with Crippen molar-refractivity contribution in [2.75, 3.05) is 27.3 Å². The van der Waals surface area contributed by atoms with Crippen LogP contribution in [0.15, 0.2) is 103 Å². The summed E-state index contributed by atoms with van der Waals surface area (Å²) in [5.41, 5.74) is 7.14. The number of aromatic amines is 2. The second-order valence-electron chi connectivity index (χ2n) is 16.2. The van der Waals surface area contributed by atoms with Crippen LogP contribution in [0, 0.1) is 5.92 Å². The van der Waals surface area contributed by atoms with Gasteiger partial charge in [0.05, 0.1) is 49.0 Å². The zero-order valence-electron chi connectivity index (χ0n) is 33.9. The predicted octanol–water partition coefficient (Wildman–Crippen LogP) is 8.58. The molecule has 9 rings (SSSR count). The molecular formula is C47H51N7O5. The van der Waals surface area contributed by atoms with E-state index in [9.17, 15) is 9.59 Å². The van der Waals surface area contributed by atoms with Crippen molar-refractivity contribution >= 4 is 22.8 Å². The number of aromatic nitrogens is 4. The maximum absolute atomic E-state index is 13.7. The van der Waals surface area contributed by atoms with Gasteiger partial charge >= 0.3 is 6.09 Å². The van der Waals surface area contributed by atoms with Crippen LogP contribution in [0.1, 0.15) is 74.9 Å². The van der Waals surface area contributed by atoms with Gasteiger partial charge in [-0.1, -0.05) is 92.7 Å². The Bertz CT molecular complexity index is 2430. The average Bonchev–Trinajstić information content (AvgIpc) is 3.84. The van der Waals surface area contributed by atoms with E-state index in [1.54, 1.807) is 7.11 Å². The third kappa shape index (κ3) is 7.75. The smallest absolute Gasteiger partial charge is 0.407 e. The summed E-state index contributed by atoms with van der Waals surface area (Å²) in [5.74, 6) is 1.90. The molecule has 3 aliphatic heterocycles. The Labute approximate surface area is 344 Å². The molecule has 2 unspecified atom stereocenters. The summed E-state index contributed by atoms with van der Waals surface area (Å²) in [7, 11) is 2.97. The number of fused-ring (bicyclic) bond motifs is 1. The highest BCUT2D eigenvalue weighted by Gasteiger charge is 2.53. The number of likely N-dealkylation sites (tertiary alicyclic amines) is 2. The number of nitrogens with zero attached hydrogens (tertiary/aromatic N) is 4. The van der Waals surface area contributed by atoms with Crippen LogP contribution in [0.4, 0.5) is 4.79 Å². The maximum Gasteiger partial charge on any atom is 0.407 e. The molecule has 3 N–H and O–H groups in total. The van der Waals surface area contributed by atoms with E-state index in [2.05, 4.69) is 94.7 Å². The van der Waals surface area contributed by atoms with Crippen LogP contribution in [0.5, 0.6) is 0 Å². The van der Waals surface area contributed by atoms with Gasteiger partial charge in [0.15, 0.2) is 6.10 Å². The molecular weight excluding hydrogens is 743 g/mol. The Balaban J connectivity index is 0.857. The van der Waals surface area contributed by atoms with Gasteiger partial charge in [-0.05, 0) is 76.8 Å². The number of nitrogens with one attached hydrogen (secondary N) is 3. The fourth-order valence-corrected chi connectivity index (χ4v) is 9.07. The summed E-state index contributed by atoms with van der Waals surface area (Å²) >= 11 is 0. The van der Waals surface area contributed by atoms with Gasteiger partial charge in [-0.25, -0.2) is 14.8 Å². The lowest BCUT2D eigenvalue weighted by Gasteiger charge is -2.27. The highest BCUT2D eigenvalue weighted by atomic mass is 16.6. The standard InChI is InChI=1S/C47H51N7O5/c1-28(2)40(52-47(56)58-4)42-46(59-42)54-23-9-13-39(54)44-49-27-37(51-44)35-21-20-33-24-32(18-19-34(33)25-35)29-14-16-30(17-15-29)36-26-48-43(50-36)38-12-8-22-53(38)45(55)41(57-3)31-10-6-5-7-11-31/h5-7,10-11,14-21,24-28,38-42,46H,8-9,12-13,22-23H2,1-4H3,(H,48,50)(H,49,51)(H,52,56)/t38-,39-,40-,41+,42?,46?/m0/s1. The predicted molar refractivity (Wildman–Crippen MR) is 226 cm³/mol. The highest BCUT2D eigenvalue weighted by molar-refractivity contribution is 5.90. The number of epoxide rings is 1. The van der Waals surface area contributed by atoms with E-state index >= 15 is 0 Å². The summed E-state index contributed by atoms with van der Waals surface area (Å²) in [6.45, 7) is 5.77. The minimum absolute atomic E-state index is 0.0380. The second-order valence-corrected chi connectivity index (χ2v) is 16.2. The Hall–Kier alpha value is -5.82. The fraction of sp³-hybridized carbons (Fsp3) is 0.362. The van der Waals surface area contributed by atoms with Crippen molar-refractivity contribution in [2.24, 2.45) is 5.92 Å². The van der Waals surface area contributed by atoms with Gasteiger partial charge in [0.1, 0.15) is 24.0 Å². The van der Waals surface area contributed by atoms with E-state index in [0.29, 0.717) is 6.54 Å². The number of benzene rings is 4. The van der Waals surface area contributed by atoms with Crippen molar-refractivity contribution in [3.8, 4) is 33.6 Å². The molecule has 12 heteroatoms. The van der Waals surface area contributed by atoms with Gasteiger partial charge in [0.2, 0.25) is 0 Å². The molecule has 5 heterocycles. The SMILES string of the molecule is COC(=O)N[C@@H](C(C)C)C1OC1N1CCC[C@H]1c1ncc(-c2ccc3cc(-c4ccc(-c5cnc([C@@H]6CCCN6C(=O)[C@H](OC)c6ccccc6)[nH]5)cc4)ccc3c2)[nH]1. The molecule has 0 spiro atoms. The number of hydrogen-bond acceptors (Lipinski definition) is 8. The van der Waals surface area contributed by atoms with Crippen LogP contribution in [0.2, 0.25) is 0 Å². The molecule has 3 fully saturated rings. The molecule has 12 nitrogen and oxygen atoms in total. The Morgan fingerprint density at radius 1 is 0.763 bits per heavy atom. The van der Waals surface area contributed by atoms with E-state index < -0.39 is 12.2 Å². The summed E-state index contributed by atoms with van der Waals surface area (Å²) in [5, 5.41) is 5.28.